The SMILES string of the molecule is COc1c2oc(Cc3c(C)oc4c(O)c5occc5c(O)c4c3=O)cc2c(O)c2c(=O)cc(C)oc12. The molecule has 10 heteroatoms. The van der Waals surface area contributed by atoms with Crippen LogP contribution in [0.15, 0.2) is 51.7 Å². The van der Waals surface area contributed by atoms with E-state index in [1.165, 1.54) is 31.6 Å². The number of rotatable bonds is 3. The zero-order valence-corrected chi connectivity index (χ0v) is 19.2. The van der Waals surface area contributed by atoms with Gasteiger partial charge >= 0.3 is 0 Å². The van der Waals surface area contributed by atoms with Crippen LogP contribution in [0.2, 0.25) is 0 Å². The van der Waals surface area contributed by atoms with Crippen LogP contribution >= 0.6 is 0 Å². The molecular formula is C26H18O10. The van der Waals surface area contributed by atoms with E-state index >= 15 is 0 Å². The highest BCUT2D eigenvalue weighted by molar-refractivity contribution is 6.07. The van der Waals surface area contributed by atoms with Crippen LogP contribution in [0.5, 0.6) is 23.0 Å². The third kappa shape index (κ3) is 2.78. The van der Waals surface area contributed by atoms with Crippen molar-refractivity contribution < 1.29 is 37.7 Å². The van der Waals surface area contributed by atoms with Gasteiger partial charge in [0, 0.05) is 18.1 Å². The number of phenolic OH excluding ortho intramolecular Hbond substituents is 3. The van der Waals surface area contributed by atoms with E-state index in [1.807, 2.05) is 0 Å². The maximum Gasteiger partial charge on any atom is 0.206 e. The molecule has 3 N–H and O–H groups in total. The van der Waals surface area contributed by atoms with E-state index in [4.69, 9.17) is 22.4 Å². The topological polar surface area (TPSA) is 157 Å². The van der Waals surface area contributed by atoms with Gasteiger partial charge in [0.1, 0.15) is 39.6 Å². The lowest BCUT2D eigenvalue weighted by Gasteiger charge is -2.09. The summed E-state index contributed by atoms with van der Waals surface area (Å²) in [6.07, 6.45) is 1.20. The molecule has 36 heavy (non-hydrogen) atoms. The molecule has 0 aliphatic carbocycles. The van der Waals surface area contributed by atoms with E-state index in [0.29, 0.717) is 5.76 Å². The van der Waals surface area contributed by atoms with Gasteiger partial charge in [-0.1, -0.05) is 0 Å². The van der Waals surface area contributed by atoms with Crippen LogP contribution in [-0.2, 0) is 6.42 Å². The summed E-state index contributed by atoms with van der Waals surface area (Å²) in [7, 11) is 1.38. The molecule has 0 radical (unpaired) electrons. The van der Waals surface area contributed by atoms with Gasteiger partial charge in [-0.05, 0) is 26.0 Å². The number of hydrogen-bond donors (Lipinski definition) is 3. The predicted octanol–water partition coefficient (Wildman–Crippen LogP) is 4.72. The Labute approximate surface area is 200 Å². The van der Waals surface area contributed by atoms with Gasteiger partial charge in [0.2, 0.25) is 16.9 Å². The first-order chi connectivity index (χ1) is 17.2. The summed E-state index contributed by atoms with van der Waals surface area (Å²) >= 11 is 0. The minimum Gasteiger partial charge on any atom is -0.506 e. The Morgan fingerprint density at radius 2 is 1.58 bits per heavy atom. The Balaban J connectivity index is 1.59. The van der Waals surface area contributed by atoms with Gasteiger partial charge in [-0.3, -0.25) is 9.59 Å². The van der Waals surface area contributed by atoms with Crippen molar-refractivity contribution in [3.05, 3.63) is 67.8 Å². The van der Waals surface area contributed by atoms with Gasteiger partial charge in [0.15, 0.2) is 27.8 Å². The number of hydrogen-bond acceptors (Lipinski definition) is 10. The van der Waals surface area contributed by atoms with Crippen molar-refractivity contribution in [3.8, 4) is 23.0 Å². The minimum absolute atomic E-state index is 0.000568. The molecular weight excluding hydrogens is 472 g/mol. The lowest BCUT2D eigenvalue weighted by molar-refractivity contribution is 0.399. The fourth-order valence-corrected chi connectivity index (χ4v) is 4.65. The van der Waals surface area contributed by atoms with E-state index in [9.17, 15) is 24.9 Å². The first-order valence-corrected chi connectivity index (χ1v) is 10.8. The molecule has 6 aromatic rings. The van der Waals surface area contributed by atoms with E-state index in [-0.39, 0.29) is 84.6 Å². The summed E-state index contributed by atoms with van der Waals surface area (Å²) in [5.41, 5.74) is -0.877. The zero-order valence-electron chi connectivity index (χ0n) is 19.2. The number of aromatic hydroxyl groups is 3. The minimum atomic E-state index is -0.570. The molecule has 0 amide bonds. The average Bonchev–Trinajstić information content (AvgIpc) is 3.48. The highest BCUT2D eigenvalue weighted by Crippen LogP contribution is 2.44. The van der Waals surface area contributed by atoms with Crippen LogP contribution in [0.1, 0.15) is 22.8 Å². The van der Waals surface area contributed by atoms with Crippen molar-refractivity contribution in [2.24, 2.45) is 0 Å². The Hall–Kier alpha value is -4.86. The van der Waals surface area contributed by atoms with Gasteiger partial charge in [0.05, 0.1) is 24.1 Å². The molecule has 0 aliphatic rings. The second-order valence-electron chi connectivity index (χ2n) is 8.47. The molecule has 182 valence electrons. The molecule has 10 nitrogen and oxygen atoms in total. The van der Waals surface area contributed by atoms with E-state index < -0.39 is 16.6 Å². The van der Waals surface area contributed by atoms with Gasteiger partial charge in [-0.15, -0.1) is 0 Å². The number of furan rings is 2. The molecule has 0 unspecified atom stereocenters. The van der Waals surface area contributed by atoms with Crippen molar-refractivity contribution in [1.29, 1.82) is 0 Å². The second-order valence-corrected chi connectivity index (χ2v) is 8.47. The maximum atomic E-state index is 13.4. The van der Waals surface area contributed by atoms with Crippen molar-refractivity contribution in [2.45, 2.75) is 20.3 Å². The van der Waals surface area contributed by atoms with Crippen LogP contribution in [0.4, 0.5) is 0 Å². The molecule has 0 saturated carbocycles. The lowest BCUT2D eigenvalue weighted by Crippen LogP contribution is -2.12. The standard InChI is InChI=1S/C26H18O10/c1-9-6-15(27)16-20(30)14-8-11(36-23(14)26(32-3)25(16)34-9)7-13-10(2)35-24-17(19(13)29)18(28)12-4-5-33-22(12)21(24)31/h4-6,8,28,30-31H,7H2,1-3H3. The fourth-order valence-electron chi connectivity index (χ4n) is 4.65. The van der Waals surface area contributed by atoms with Crippen LogP contribution < -0.4 is 15.6 Å². The molecule has 0 bridgehead atoms. The fraction of sp³-hybridized carbons (Fsp3) is 0.154. The second kappa shape index (κ2) is 7.32. The summed E-state index contributed by atoms with van der Waals surface area (Å²) in [6, 6.07) is 4.18. The molecule has 2 aromatic carbocycles. The number of aryl methyl sites for hydroxylation is 2. The summed E-state index contributed by atoms with van der Waals surface area (Å²) in [6.45, 7) is 3.14. The normalized spacial score (nSPS) is 11.9. The lowest BCUT2D eigenvalue weighted by atomic mass is 10.0. The van der Waals surface area contributed by atoms with Crippen molar-refractivity contribution in [3.63, 3.8) is 0 Å². The number of benzene rings is 2. The Morgan fingerprint density at radius 3 is 2.33 bits per heavy atom. The first-order valence-electron chi connectivity index (χ1n) is 10.8. The molecule has 0 spiro atoms. The van der Waals surface area contributed by atoms with E-state index in [2.05, 4.69) is 0 Å². The van der Waals surface area contributed by atoms with Gasteiger partial charge < -0.3 is 37.7 Å². The van der Waals surface area contributed by atoms with Crippen LogP contribution in [0, 0.1) is 13.8 Å². The first kappa shape index (κ1) is 21.7. The summed E-state index contributed by atoms with van der Waals surface area (Å²) < 4.78 is 28.0. The highest BCUT2D eigenvalue weighted by Gasteiger charge is 2.26. The van der Waals surface area contributed by atoms with Crippen LogP contribution in [-0.4, -0.2) is 22.4 Å². The van der Waals surface area contributed by atoms with Crippen LogP contribution in [0.25, 0.3) is 43.9 Å². The highest BCUT2D eigenvalue weighted by atomic mass is 16.5. The summed E-state index contributed by atoms with van der Waals surface area (Å²) in [5, 5.41) is 32.2. The molecule has 0 atom stereocenters. The maximum absolute atomic E-state index is 13.4. The number of phenols is 3. The number of ether oxygens (including phenoxy) is 1. The smallest absolute Gasteiger partial charge is 0.206 e. The van der Waals surface area contributed by atoms with Crippen molar-refractivity contribution in [2.75, 3.05) is 7.11 Å². The Kier molecular flexibility index (Phi) is 4.40. The van der Waals surface area contributed by atoms with Crippen LogP contribution in [0.3, 0.4) is 0 Å². The summed E-state index contributed by atoms with van der Waals surface area (Å²) in [4.78, 5) is 26.0. The zero-order chi connectivity index (χ0) is 25.5. The predicted molar refractivity (Wildman–Crippen MR) is 128 cm³/mol. The van der Waals surface area contributed by atoms with Crippen molar-refractivity contribution in [1.82, 2.24) is 0 Å². The summed E-state index contributed by atoms with van der Waals surface area (Å²) in [5.74, 6) is -0.226. The average molecular weight is 490 g/mol. The quantitative estimate of drug-likeness (QED) is 0.296. The van der Waals surface area contributed by atoms with Gasteiger partial charge in [-0.2, -0.15) is 0 Å². The van der Waals surface area contributed by atoms with E-state index in [0.717, 1.165) is 0 Å². The molecule has 0 saturated heterocycles. The third-order valence-electron chi connectivity index (χ3n) is 6.31. The molecule has 4 heterocycles. The molecule has 4 aromatic heterocycles. The molecule has 0 fully saturated rings. The van der Waals surface area contributed by atoms with Gasteiger partial charge in [-0.25, -0.2) is 0 Å². The largest absolute Gasteiger partial charge is 0.506 e. The number of methoxy groups -OCH3 is 1. The Morgan fingerprint density at radius 1 is 0.833 bits per heavy atom. The number of fused-ring (bicyclic) bond motifs is 4. The monoisotopic (exact) mass is 490 g/mol. The third-order valence-corrected chi connectivity index (χ3v) is 6.31. The molecule has 6 rings (SSSR count). The Bertz CT molecular complexity index is 2000. The molecule has 0 aliphatic heterocycles. The van der Waals surface area contributed by atoms with E-state index in [1.54, 1.807) is 13.8 Å². The van der Waals surface area contributed by atoms with Gasteiger partial charge in [0.25, 0.3) is 0 Å². The van der Waals surface area contributed by atoms with Crippen molar-refractivity contribution >= 4 is 43.9 Å².